The molecule has 0 aliphatic heterocycles. The highest BCUT2D eigenvalue weighted by Gasteiger charge is 1.89. The van der Waals surface area contributed by atoms with Gasteiger partial charge in [0.2, 0.25) is 5.91 Å². The van der Waals surface area contributed by atoms with Gasteiger partial charge in [0, 0.05) is 13.5 Å². The molecule has 1 heterocycles. The lowest BCUT2D eigenvalue weighted by Crippen LogP contribution is -2.19. The summed E-state index contributed by atoms with van der Waals surface area (Å²) in [6.07, 6.45) is 3.63. The minimum Gasteiger partial charge on any atom is -0.384 e. The van der Waals surface area contributed by atoms with Crippen LogP contribution in [-0.4, -0.2) is 17.4 Å². The minimum absolute atomic E-state index is 0.0461. The molecule has 4 nitrogen and oxygen atoms in total. The minimum atomic E-state index is -0.0461. The number of pyridine rings is 1. The van der Waals surface area contributed by atoms with E-state index in [4.69, 9.17) is 5.73 Å². The Morgan fingerprint density at radius 2 is 2.43 bits per heavy atom. The number of hydrogen-bond donors (Lipinski definition) is 2. The van der Waals surface area contributed by atoms with Gasteiger partial charge >= 0.3 is 0 Å². The summed E-state index contributed by atoms with van der Waals surface area (Å²) in [7, 11) is 0. The van der Waals surface area contributed by atoms with Crippen LogP contribution >= 0.6 is 0 Å². The Balaban J connectivity index is 2.47. The Hall–Kier alpha value is -1.84. The average molecular weight is 191 g/mol. The van der Waals surface area contributed by atoms with Crippen molar-refractivity contribution < 1.29 is 4.79 Å². The summed E-state index contributed by atoms with van der Waals surface area (Å²) in [5.41, 5.74) is 6.28. The van der Waals surface area contributed by atoms with E-state index in [-0.39, 0.29) is 5.91 Å². The van der Waals surface area contributed by atoms with Gasteiger partial charge in [-0.15, -0.1) is 0 Å². The van der Waals surface area contributed by atoms with Crippen molar-refractivity contribution in [2.45, 2.75) is 6.92 Å². The van der Waals surface area contributed by atoms with Gasteiger partial charge in [-0.05, 0) is 18.2 Å². The number of nitrogens with one attached hydrogen (secondary N) is 1. The number of anilines is 1. The van der Waals surface area contributed by atoms with Crippen LogP contribution in [0.25, 0.3) is 6.08 Å². The molecule has 4 heteroatoms. The quantitative estimate of drug-likeness (QED) is 0.743. The fourth-order valence-corrected chi connectivity index (χ4v) is 0.944. The highest BCUT2D eigenvalue weighted by atomic mass is 16.1. The number of nitrogens with zero attached hydrogens (tertiary/aromatic N) is 1. The Bertz CT molecular complexity index is 347. The fourth-order valence-electron chi connectivity index (χ4n) is 0.944. The van der Waals surface area contributed by atoms with E-state index < -0.39 is 0 Å². The maximum absolute atomic E-state index is 10.5. The number of rotatable bonds is 3. The number of nitrogen functional groups attached to an aromatic ring is 1. The van der Waals surface area contributed by atoms with Gasteiger partial charge in [-0.3, -0.25) is 4.79 Å². The molecule has 0 aliphatic rings. The van der Waals surface area contributed by atoms with Crippen molar-refractivity contribution in [3.8, 4) is 0 Å². The van der Waals surface area contributed by atoms with E-state index in [2.05, 4.69) is 10.3 Å². The van der Waals surface area contributed by atoms with Crippen molar-refractivity contribution in [2.75, 3.05) is 12.3 Å². The summed E-state index contributed by atoms with van der Waals surface area (Å²) in [5, 5.41) is 2.65. The molecular weight excluding hydrogens is 178 g/mol. The Labute approximate surface area is 82.8 Å². The van der Waals surface area contributed by atoms with Crippen LogP contribution < -0.4 is 11.1 Å². The molecule has 3 N–H and O–H groups in total. The second-order valence-corrected chi connectivity index (χ2v) is 2.83. The van der Waals surface area contributed by atoms with Gasteiger partial charge < -0.3 is 11.1 Å². The third-order valence-corrected chi connectivity index (χ3v) is 1.55. The maximum Gasteiger partial charge on any atom is 0.217 e. The van der Waals surface area contributed by atoms with Crippen LogP contribution in [-0.2, 0) is 4.79 Å². The predicted octanol–water partition coefficient (Wildman–Crippen LogP) is 0.813. The van der Waals surface area contributed by atoms with Crippen LogP contribution in [0.4, 0.5) is 5.82 Å². The monoisotopic (exact) mass is 191 g/mol. The van der Waals surface area contributed by atoms with E-state index in [1.165, 1.54) is 6.92 Å². The van der Waals surface area contributed by atoms with E-state index in [0.29, 0.717) is 12.4 Å². The summed E-state index contributed by atoms with van der Waals surface area (Å²) < 4.78 is 0. The first-order valence-corrected chi connectivity index (χ1v) is 4.32. The summed E-state index contributed by atoms with van der Waals surface area (Å²) in [6.45, 7) is 1.98. The van der Waals surface area contributed by atoms with Gasteiger partial charge in [0.25, 0.3) is 0 Å². The van der Waals surface area contributed by atoms with E-state index >= 15 is 0 Å². The Morgan fingerprint density at radius 1 is 1.64 bits per heavy atom. The molecule has 0 atom stereocenters. The summed E-state index contributed by atoms with van der Waals surface area (Å²) >= 11 is 0. The zero-order valence-electron chi connectivity index (χ0n) is 8.03. The van der Waals surface area contributed by atoms with Crippen LogP contribution in [0, 0.1) is 0 Å². The topological polar surface area (TPSA) is 68.0 Å². The first-order chi connectivity index (χ1) is 6.68. The molecule has 1 amide bonds. The molecule has 1 aromatic heterocycles. The van der Waals surface area contributed by atoms with Crippen molar-refractivity contribution >= 4 is 17.8 Å². The molecule has 0 saturated heterocycles. The SMILES string of the molecule is CC(=O)NCC=Cc1cccc(N)n1. The third kappa shape index (κ3) is 3.71. The highest BCUT2D eigenvalue weighted by molar-refractivity contribution is 5.73. The lowest BCUT2D eigenvalue weighted by atomic mass is 10.3. The number of hydrogen-bond acceptors (Lipinski definition) is 3. The van der Waals surface area contributed by atoms with Gasteiger partial charge in [0.05, 0.1) is 5.69 Å². The Kier molecular flexibility index (Phi) is 3.67. The molecule has 0 bridgehead atoms. The van der Waals surface area contributed by atoms with Crippen molar-refractivity contribution in [3.63, 3.8) is 0 Å². The number of carbonyl (C=O) groups excluding carboxylic acids is 1. The Morgan fingerprint density at radius 3 is 3.07 bits per heavy atom. The molecule has 74 valence electrons. The van der Waals surface area contributed by atoms with Gasteiger partial charge in [0.1, 0.15) is 5.82 Å². The second kappa shape index (κ2) is 5.01. The van der Waals surface area contributed by atoms with Gasteiger partial charge in [-0.1, -0.05) is 12.1 Å². The van der Waals surface area contributed by atoms with Crippen molar-refractivity contribution in [1.82, 2.24) is 10.3 Å². The zero-order valence-corrected chi connectivity index (χ0v) is 8.03. The summed E-state index contributed by atoms with van der Waals surface area (Å²) in [6, 6.07) is 5.41. The predicted molar refractivity (Wildman–Crippen MR) is 56.4 cm³/mol. The van der Waals surface area contributed by atoms with Crippen LogP contribution in [0.2, 0.25) is 0 Å². The van der Waals surface area contributed by atoms with E-state index in [1.807, 2.05) is 24.3 Å². The van der Waals surface area contributed by atoms with Crippen molar-refractivity contribution in [3.05, 3.63) is 30.0 Å². The molecular formula is C10H13N3O. The lowest BCUT2D eigenvalue weighted by molar-refractivity contribution is -0.118. The van der Waals surface area contributed by atoms with Crippen LogP contribution in [0.1, 0.15) is 12.6 Å². The summed E-state index contributed by atoms with van der Waals surface area (Å²) in [4.78, 5) is 14.6. The molecule has 0 unspecified atom stereocenters. The average Bonchev–Trinajstić information content (AvgIpc) is 2.12. The molecule has 0 spiro atoms. The second-order valence-electron chi connectivity index (χ2n) is 2.83. The van der Waals surface area contributed by atoms with Gasteiger partial charge in [-0.2, -0.15) is 0 Å². The molecule has 14 heavy (non-hydrogen) atoms. The molecule has 0 aliphatic carbocycles. The van der Waals surface area contributed by atoms with Gasteiger partial charge in [-0.25, -0.2) is 4.98 Å². The highest BCUT2D eigenvalue weighted by Crippen LogP contribution is 2.01. The molecule has 0 saturated carbocycles. The number of carbonyl (C=O) groups is 1. The molecule has 0 fully saturated rings. The fraction of sp³-hybridized carbons (Fsp3) is 0.200. The van der Waals surface area contributed by atoms with Gasteiger partial charge in [0.15, 0.2) is 0 Å². The van der Waals surface area contributed by atoms with Crippen LogP contribution in [0.5, 0.6) is 0 Å². The van der Waals surface area contributed by atoms with Crippen LogP contribution in [0.3, 0.4) is 0 Å². The summed E-state index contributed by atoms with van der Waals surface area (Å²) in [5.74, 6) is 0.446. The zero-order chi connectivity index (χ0) is 10.4. The molecule has 1 rings (SSSR count). The lowest BCUT2D eigenvalue weighted by Gasteiger charge is -1.96. The molecule has 0 aromatic carbocycles. The first kappa shape index (κ1) is 10.2. The number of nitrogens with two attached hydrogens (primary N) is 1. The molecule has 0 radical (unpaired) electrons. The van der Waals surface area contributed by atoms with Crippen molar-refractivity contribution in [2.24, 2.45) is 0 Å². The number of amides is 1. The number of aromatic nitrogens is 1. The van der Waals surface area contributed by atoms with Crippen molar-refractivity contribution in [1.29, 1.82) is 0 Å². The first-order valence-electron chi connectivity index (χ1n) is 4.32. The third-order valence-electron chi connectivity index (χ3n) is 1.55. The van der Waals surface area contributed by atoms with E-state index in [1.54, 1.807) is 6.07 Å². The smallest absolute Gasteiger partial charge is 0.217 e. The largest absolute Gasteiger partial charge is 0.384 e. The van der Waals surface area contributed by atoms with E-state index in [0.717, 1.165) is 5.69 Å². The van der Waals surface area contributed by atoms with Crippen LogP contribution in [0.15, 0.2) is 24.3 Å². The molecule has 1 aromatic rings. The standard InChI is InChI=1S/C10H13N3O/c1-8(14)12-7-3-5-9-4-2-6-10(11)13-9/h2-6H,7H2,1H3,(H2,11,13)(H,12,14). The normalized spacial score (nSPS) is 10.4. The van der Waals surface area contributed by atoms with E-state index in [9.17, 15) is 4.79 Å². The maximum atomic E-state index is 10.5.